The van der Waals surface area contributed by atoms with E-state index in [1.165, 1.54) is 0 Å². The Balaban J connectivity index is 2.46. The van der Waals surface area contributed by atoms with Crippen molar-refractivity contribution in [3.8, 4) is 0 Å². The van der Waals surface area contributed by atoms with Crippen molar-refractivity contribution >= 4 is 16.7 Å². The van der Waals surface area contributed by atoms with Crippen LogP contribution in [-0.2, 0) is 4.74 Å². The molecule has 0 heterocycles. The van der Waals surface area contributed by atoms with Crippen molar-refractivity contribution < 1.29 is 9.53 Å². The fraction of sp³-hybridized carbons (Fsp3) is 0. The first kappa shape index (κ1) is 9.46. The Morgan fingerprint density at radius 2 is 1.87 bits per heavy atom. The average molecular weight is 198 g/mol. The molecule has 0 amide bonds. The largest absolute Gasteiger partial charge is 0.432 e. The van der Waals surface area contributed by atoms with Crippen LogP contribution in [0.3, 0.4) is 0 Å². The van der Waals surface area contributed by atoms with Crippen molar-refractivity contribution in [3.05, 3.63) is 60.9 Å². The summed E-state index contributed by atoms with van der Waals surface area (Å²) in [6, 6.07) is 13.3. The molecule has 2 aromatic rings. The Bertz CT molecular complexity index is 515. The number of ether oxygens (including phenoxy) is 1. The van der Waals surface area contributed by atoms with E-state index in [1.54, 1.807) is 12.1 Å². The van der Waals surface area contributed by atoms with Crippen LogP contribution in [0, 0.1) is 0 Å². The number of carbonyl (C=O) groups is 1. The first-order chi connectivity index (χ1) is 7.31. The molecule has 0 radical (unpaired) electrons. The number of hydrogen-bond donors (Lipinski definition) is 0. The predicted molar refractivity (Wildman–Crippen MR) is 59.6 cm³/mol. The molecule has 2 nitrogen and oxygen atoms in total. The highest BCUT2D eigenvalue weighted by Gasteiger charge is 2.05. The van der Waals surface area contributed by atoms with Crippen LogP contribution in [0.2, 0.25) is 0 Å². The second-order valence-electron chi connectivity index (χ2n) is 3.13. The van der Waals surface area contributed by atoms with E-state index in [0.717, 1.165) is 17.0 Å². The van der Waals surface area contributed by atoms with Gasteiger partial charge in [0.05, 0.1) is 11.8 Å². The number of hydrogen-bond acceptors (Lipinski definition) is 2. The number of benzene rings is 2. The minimum atomic E-state index is -0.379. The molecule has 0 saturated carbocycles. The number of rotatable bonds is 2. The van der Waals surface area contributed by atoms with E-state index in [9.17, 15) is 4.79 Å². The maximum atomic E-state index is 11.4. The van der Waals surface area contributed by atoms with Gasteiger partial charge in [-0.1, -0.05) is 36.9 Å². The summed E-state index contributed by atoms with van der Waals surface area (Å²) in [5.74, 6) is -0.379. The van der Waals surface area contributed by atoms with E-state index in [2.05, 4.69) is 6.58 Å². The number of carbonyl (C=O) groups excluding carboxylic acids is 1. The lowest BCUT2D eigenvalue weighted by molar-refractivity contribution is 0.0664. The minimum Gasteiger partial charge on any atom is -0.432 e. The van der Waals surface area contributed by atoms with Gasteiger partial charge in [0.2, 0.25) is 0 Å². The van der Waals surface area contributed by atoms with Crippen LogP contribution >= 0.6 is 0 Å². The van der Waals surface area contributed by atoms with Crippen LogP contribution in [0.25, 0.3) is 10.8 Å². The van der Waals surface area contributed by atoms with Gasteiger partial charge in [0.25, 0.3) is 0 Å². The highest BCUT2D eigenvalue weighted by Crippen LogP contribution is 2.16. The van der Waals surface area contributed by atoms with Crippen molar-refractivity contribution in [2.75, 3.05) is 0 Å². The Hall–Kier alpha value is -2.09. The fourth-order valence-corrected chi connectivity index (χ4v) is 1.46. The van der Waals surface area contributed by atoms with Crippen LogP contribution in [0.15, 0.2) is 55.3 Å². The van der Waals surface area contributed by atoms with Gasteiger partial charge < -0.3 is 4.74 Å². The summed E-state index contributed by atoms with van der Waals surface area (Å²) >= 11 is 0. The van der Waals surface area contributed by atoms with Crippen LogP contribution in [0.4, 0.5) is 0 Å². The Kier molecular flexibility index (Phi) is 2.50. The van der Waals surface area contributed by atoms with Crippen molar-refractivity contribution in [2.24, 2.45) is 0 Å². The SMILES string of the molecule is C=COC(=O)c1ccc2ccccc2c1. The summed E-state index contributed by atoms with van der Waals surface area (Å²) in [6.07, 6.45) is 1.14. The molecule has 74 valence electrons. The third-order valence-electron chi connectivity index (χ3n) is 2.18. The molecule has 0 aliphatic carbocycles. The van der Waals surface area contributed by atoms with Gasteiger partial charge in [-0.15, -0.1) is 0 Å². The van der Waals surface area contributed by atoms with E-state index < -0.39 is 0 Å². The number of esters is 1. The summed E-state index contributed by atoms with van der Waals surface area (Å²) in [7, 11) is 0. The summed E-state index contributed by atoms with van der Waals surface area (Å²) in [5.41, 5.74) is 0.536. The lowest BCUT2D eigenvalue weighted by atomic mass is 10.1. The molecule has 0 N–H and O–H groups in total. The molecule has 2 heteroatoms. The monoisotopic (exact) mass is 198 g/mol. The maximum Gasteiger partial charge on any atom is 0.342 e. The zero-order valence-corrected chi connectivity index (χ0v) is 8.14. The van der Waals surface area contributed by atoms with Crippen LogP contribution < -0.4 is 0 Å². The molecule has 0 saturated heterocycles. The van der Waals surface area contributed by atoms with Crippen molar-refractivity contribution in [1.29, 1.82) is 0 Å². The van der Waals surface area contributed by atoms with E-state index in [4.69, 9.17) is 4.74 Å². The van der Waals surface area contributed by atoms with Crippen LogP contribution in [0.1, 0.15) is 10.4 Å². The van der Waals surface area contributed by atoms with Crippen molar-refractivity contribution in [3.63, 3.8) is 0 Å². The molecule has 0 unspecified atom stereocenters. The highest BCUT2D eigenvalue weighted by atomic mass is 16.5. The van der Waals surface area contributed by atoms with E-state index in [1.807, 2.05) is 30.3 Å². The molecule has 0 fully saturated rings. The van der Waals surface area contributed by atoms with Gasteiger partial charge >= 0.3 is 5.97 Å². The molecule has 0 spiro atoms. The average Bonchev–Trinajstić information content (AvgIpc) is 2.29. The minimum absolute atomic E-state index is 0.379. The quantitative estimate of drug-likeness (QED) is 0.547. The molecule has 15 heavy (non-hydrogen) atoms. The summed E-state index contributed by atoms with van der Waals surface area (Å²) in [4.78, 5) is 11.4. The second kappa shape index (κ2) is 3.96. The zero-order chi connectivity index (χ0) is 10.7. The van der Waals surface area contributed by atoms with Gasteiger partial charge in [0.15, 0.2) is 0 Å². The molecular weight excluding hydrogens is 188 g/mol. The number of fused-ring (bicyclic) bond motifs is 1. The van der Waals surface area contributed by atoms with E-state index in [0.29, 0.717) is 5.56 Å². The van der Waals surface area contributed by atoms with Crippen LogP contribution in [-0.4, -0.2) is 5.97 Å². The Morgan fingerprint density at radius 3 is 2.60 bits per heavy atom. The molecule has 0 bridgehead atoms. The molecular formula is C13H10O2. The summed E-state index contributed by atoms with van der Waals surface area (Å²) in [6.45, 7) is 3.35. The van der Waals surface area contributed by atoms with Gasteiger partial charge in [0, 0.05) is 0 Å². The smallest absolute Gasteiger partial charge is 0.342 e. The van der Waals surface area contributed by atoms with Gasteiger partial charge in [-0.2, -0.15) is 0 Å². The molecule has 2 aromatic carbocycles. The summed E-state index contributed by atoms with van der Waals surface area (Å²) in [5, 5.41) is 2.13. The molecule has 0 aromatic heterocycles. The molecule has 0 atom stereocenters. The van der Waals surface area contributed by atoms with Crippen LogP contribution in [0.5, 0.6) is 0 Å². The standard InChI is InChI=1S/C13H10O2/c1-2-15-13(14)12-8-7-10-5-3-4-6-11(10)9-12/h2-9H,1H2. The summed E-state index contributed by atoms with van der Waals surface area (Å²) < 4.78 is 4.70. The third kappa shape index (κ3) is 1.89. The first-order valence-corrected chi connectivity index (χ1v) is 4.62. The lowest BCUT2D eigenvalue weighted by Crippen LogP contribution is -1.99. The van der Waals surface area contributed by atoms with Gasteiger partial charge in [-0.05, 0) is 22.9 Å². The fourth-order valence-electron chi connectivity index (χ4n) is 1.46. The zero-order valence-electron chi connectivity index (χ0n) is 8.14. The van der Waals surface area contributed by atoms with Gasteiger partial charge in [-0.3, -0.25) is 0 Å². The second-order valence-corrected chi connectivity index (χ2v) is 3.13. The Morgan fingerprint density at radius 1 is 1.13 bits per heavy atom. The first-order valence-electron chi connectivity index (χ1n) is 4.62. The normalized spacial score (nSPS) is 9.87. The topological polar surface area (TPSA) is 26.3 Å². The van der Waals surface area contributed by atoms with E-state index in [-0.39, 0.29) is 5.97 Å². The van der Waals surface area contributed by atoms with Gasteiger partial charge in [-0.25, -0.2) is 4.79 Å². The predicted octanol–water partition coefficient (Wildman–Crippen LogP) is 3.14. The highest BCUT2D eigenvalue weighted by molar-refractivity contribution is 5.95. The van der Waals surface area contributed by atoms with Crippen molar-refractivity contribution in [2.45, 2.75) is 0 Å². The third-order valence-corrected chi connectivity index (χ3v) is 2.18. The molecule has 2 rings (SSSR count). The molecule has 0 aliphatic heterocycles. The maximum absolute atomic E-state index is 11.4. The van der Waals surface area contributed by atoms with E-state index >= 15 is 0 Å². The lowest BCUT2D eigenvalue weighted by Gasteiger charge is -2.01. The molecule has 0 aliphatic rings. The van der Waals surface area contributed by atoms with Gasteiger partial charge in [0.1, 0.15) is 0 Å². The van der Waals surface area contributed by atoms with Crippen molar-refractivity contribution in [1.82, 2.24) is 0 Å². The Labute approximate surface area is 87.8 Å².